The molecular formula is C10H15N3OS. The predicted octanol–water partition coefficient (Wildman–Crippen LogP) is 1.86. The average Bonchev–Trinajstić information content (AvgIpc) is 2.29. The van der Waals surface area contributed by atoms with Crippen molar-refractivity contribution in [1.82, 2.24) is 15.4 Å². The second kappa shape index (κ2) is 6.42. The molecule has 5 heteroatoms. The molecule has 0 aliphatic heterocycles. The van der Waals surface area contributed by atoms with Gasteiger partial charge in [0.1, 0.15) is 10.8 Å². The standard InChI is InChI=1S/C10H15N3OS/c1-2-3-4-5-9-11-6-8(7-12-9)10(15)13-14/h6-7,14H,2-5H2,1H3,(H,13,15). The molecule has 2 N–H and O–H groups in total. The molecule has 1 heterocycles. The van der Waals surface area contributed by atoms with Crippen LogP contribution in [0.25, 0.3) is 0 Å². The molecule has 0 aromatic carbocycles. The molecule has 0 aliphatic rings. The summed E-state index contributed by atoms with van der Waals surface area (Å²) in [6.07, 6.45) is 7.64. The molecule has 0 fully saturated rings. The number of thiocarbonyl (C=S) groups is 1. The lowest BCUT2D eigenvalue weighted by Crippen LogP contribution is -2.18. The summed E-state index contributed by atoms with van der Waals surface area (Å²) in [5.41, 5.74) is 2.54. The van der Waals surface area contributed by atoms with Crippen LogP contribution >= 0.6 is 12.2 Å². The molecule has 0 bridgehead atoms. The second-order valence-electron chi connectivity index (χ2n) is 3.29. The third-order valence-corrected chi connectivity index (χ3v) is 2.40. The summed E-state index contributed by atoms with van der Waals surface area (Å²) >= 11 is 4.83. The summed E-state index contributed by atoms with van der Waals surface area (Å²) in [6, 6.07) is 0. The van der Waals surface area contributed by atoms with E-state index < -0.39 is 0 Å². The molecule has 0 saturated heterocycles. The summed E-state index contributed by atoms with van der Waals surface area (Å²) in [5, 5.41) is 8.58. The van der Waals surface area contributed by atoms with Crippen molar-refractivity contribution in [3.05, 3.63) is 23.8 Å². The molecule has 82 valence electrons. The number of unbranched alkanes of at least 4 members (excludes halogenated alkanes) is 2. The number of aromatic nitrogens is 2. The highest BCUT2D eigenvalue weighted by molar-refractivity contribution is 7.80. The van der Waals surface area contributed by atoms with Gasteiger partial charge in [0.15, 0.2) is 0 Å². The fourth-order valence-corrected chi connectivity index (χ4v) is 1.30. The maximum absolute atomic E-state index is 8.58. The van der Waals surface area contributed by atoms with Gasteiger partial charge in [-0.2, -0.15) is 0 Å². The molecule has 0 spiro atoms. The topological polar surface area (TPSA) is 58.0 Å². The molecule has 15 heavy (non-hydrogen) atoms. The Labute approximate surface area is 94.7 Å². The average molecular weight is 225 g/mol. The van der Waals surface area contributed by atoms with Gasteiger partial charge in [0, 0.05) is 24.4 Å². The van der Waals surface area contributed by atoms with Crippen molar-refractivity contribution < 1.29 is 5.21 Å². The van der Waals surface area contributed by atoms with E-state index in [-0.39, 0.29) is 4.99 Å². The highest BCUT2D eigenvalue weighted by Gasteiger charge is 2.01. The number of rotatable bonds is 5. The van der Waals surface area contributed by atoms with Crippen LogP contribution in [0.1, 0.15) is 37.6 Å². The molecule has 1 aromatic heterocycles. The largest absolute Gasteiger partial charge is 0.290 e. The van der Waals surface area contributed by atoms with E-state index in [9.17, 15) is 0 Å². The van der Waals surface area contributed by atoms with E-state index in [0.29, 0.717) is 5.56 Å². The van der Waals surface area contributed by atoms with Crippen LogP contribution in [0.2, 0.25) is 0 Å². The Morgan fingerprint density at radius 3 is 2.60 bits per heavy atom. The second-order valence-corrected chi connectivity index (χ2v) is 3.69. The normalized spacial score (nSPS) is 10.0. The minimum absolute atomic E-state index is 0.245. The van der Waals surface area contributed by atoms with Gasteiger partial charge in [0.2, 0.25) is 0 Å². The van der Waals surface area contributed by atoms with Crippen LogP contribution in [0.3, 0.4) is 0 Å². The van der Waals surface area contributed by atoms with Gasteiger partial charge in [-0.15, -0.1) is 0 Å². The van der Waals surface area contributed by atoms with Gasteiger partial charge in [-0.1, -0.05) is 32.0 Å². The van der Waals surface area contributed by atoms with Crippen LogP contribution in [0, 0.1) is 0 Å². The lowest BCUT2D eigenvalue weighted by atomic mass is 10.2. The first kappa shape index (κ1) is 12.0. The quantitative estimate of drug-likeness (QED) is 0.455. The molecule has 0 atom stereocenters. The van der Waals surface area contributed by atoms with E-state index in [1.165, 1.54) is 12.8 Å². The van der Waals surface area contributed by atoms with Gasteiger partial charge >= 0.3 is 0 Å². The molecular weight excluding hydrogens is 210 g/mol. The highest BCUT2D eigenvalue weighted by Crippen LogP contribution is 2.02. The van der Waals surface area contributed by atoms with E-state index in [2.05, 4.69) is 16.9 Å². The van der Waals surface area contributed by atoms with Gasteiger partial charge in [-0.25, -0.2) is 9.97 Å². The van der Waals surface area contributed by atoms with Crippen LogP contribution in [-0.2, 0) is 6.42 Å². The molecule has 0 amide bonds. The number of aryl methyl sites for hydroxylation is 1. The Bertz CT molecular complexity index is 313. The SMILES string of the molecule is CCCCCc1ncc(C(=S)NO)cn1. The summed E-state index contributed by atoms with van der Waals surface area (Å²) in [6.45, 7) is 2.16. The van der Waals surface area contributed by atoms with Crippen molar-refractivity contribution in [3.8, 4) is 0 Å². The van der Waals surface area contributed by atoms with Crippen molar-refractivity contribution >= 4 is 17.2 Å². The van der Waals surface area contributed by atoms with Crippen molar-refractivity contribution in [1.29, 1.82) is 0 Å². The van der Waals surface area contributed by atoms with E-state index >= 15 is 0 Å². The van der Waals surface area contributed by atoms with Crippen molar-refractivity contribution in [2.24, 2.45) is 0 Å². The Kier molecular flexibility index (Phi) is 5.14. The van der Waals surface area contributed by atoms with Gasteiger partial charge < -0.3 is 0 Å². The zero-order valence-corrected chi connectivity index (χ0v) is 9.55. The molecule has 0 radical (unpaired) electrons. The van der Waals surface area contributed by atoms with Crippen molar-refractivity contribution in [3.63, 3.8) is 0 Å². The number of hydrogen-bond donors (Lipinski definition) is 2. The Morgan fingerprint density at radius 2 is 2.07 bits per heavy atom. The van der Waals surface area contributed by atoms with Crippen LogP contribution in [0.15, 0.2) is 12.4 Å². The first-order valence-corrected chi connectivity index (χ1v) is 5.44. The predicted molar refractivity (Wildman–Crippen MR) is 61.9 cm³/mol. The van der Waals surface area contributed by atoms with Crippen molar-refractivity contribution in [2.75, 3.05) is 0 Å². The summed E-state index contributed by atoms with van der Waals surface area (Å²) in [4.78, 5) is 8.59. The molecule has 0 saturated carbocycles. The Balaban J connectivity index is 2.52. The van der Waals surface area contributed by atoms with E-state index in [4.69, 9.17) is 17.4 Å². The maximum atomic E-state index is 8.58. The van der Waals surface area contributed by atoms with E-state index in [1.54, 1.807) is 12.4 Å². The number of hydroxylamine groups is 1. The van der Waals surface area contributed by atoms with Crippen LogP contribution < -0.4 is 5.48 Å². The van der Waals surface area contributed by atoms with Crippen molar-refractivity contribution in [2.45, 2.75) is 32.6 Å². The third kappa shape index (κ3) is 3.89. The smallest absolute Gasteiger partial charge is 0.133 e. The highest BCUT2D eigenvalue weighted by atomic mass is 32.1. The summed E-state index contributed by atoms with van der Waals surface area (Å²) in [5.74, 6) is 0.827. The van der Waals surface area contributed by atoms with Gasteiger partial charge in [-0.05, 0) is 6.42 Å². The lowest BCUT2D eigenvalue weighted by Gasteiger charge is -2.02. The molecule has 1 rings (SSSR count). The third-order valence-electron chi connectivity index (χ3n) is 2.07. The zero-order valence-electron chi connectivity index (χ0n) is 8.73. The first-order chi connectivity index (χ1) is 7.27. The molecule has 0 unspecified atom stereocenters. The monoisotopic (exact) mass is 225 g/mol. The van der Waals surface area contributed by atoms with E-state index in [1.807, 2.05) is 5.48 Å². The molecule has 4 nitrogen and oxygen atoms in total. The summed E-state index contributed by atoms with van der Waals surface area (Å²) < 4.78 is 0. The fourth-order valence-electron chi connectivity index (χ4n) is 1.20. The Hall–Kier alpha value is -1.07. The van der Waals surface area contributed by atoms with Crippen LogP contribution in [0.5, 0.6) is 0 Å². The number of hydrogen-bond acceptors (Lipinski definition) is 4. The van der Waals surface area contributed by atoms with Gasteiger partial charge in [0.25, 0.3) is 0 Å². The maximum Gasteiger partial charge on any atom is 0.133 e. The van der Waals surface area contributed by atoms with Crippen LogP contribution in [-0.4, -0.2) is 20.2 Å². The first-order valence-electron chi connectivity index (χ1n) is 5.03. The minimum Gasteiger partial charge on any atom is -0.290 e. The number of nitrogens with one attached hydrogen (secondary N) is 1. The number of nitrogens with zero attached hydrogens (tertiary/aromatic N) is 2. The molecule has 0 aliphatic carbocycles. The van der Waals surface area contributed by atoms with E-state index in [0.717, 1.165) is 18.7 Å². The molecule has 1 aromatic rings. The van der Waals surface area contributed by atoms with Gasteiger partial charge in [-0.3, -0.25) is 10.7 Å². The van der Waals surface area contributed by atoms with Crippen LogP contribution in [0.4, 0.5) is 0 Å². The lowest BCUT2D eigenvalue weighted by molar-refractivity contribution is 0.238. The van der Waals surface area contributed by atoms with Gasteiger partial charge in [0.05, 0.1) is 0 Å². The minimum atomic E-state index is 0.245. The zero-order chi connectivity index (χ0) is 11.1. The fraction of sp³-hybridized carbons (Fsp3) is 0.500. The summed E-state index contributed by atoms with van der Waals surface area (Å²) in [7, 11) is 0. The Morgan fingerprint density at radius 1 is 1.40 bits per heavy atom.